The van der Waals surface area contributed by atoms with Crippen molar-refractivity contribution in [1.29, 1.82) is 0 Å². The van der Waals surface area contributed by atoms with E-state index in [-0.39, 0.29) is 12.0 Å². The van der Waals surface area contributed by atoms with Crippen molar-refractivity contribution in [3.05, 3.63) is 11.6 Å². The predicted molar refractivity (Wildman–Crippen MR) is 98.6 cm³/mol. The van der Waals surface area contributed by atoms with Crippen LogP contribution in [0.15, 0.2) is 0 Å². The van der Waals surface area contributed by atoms with Crippen LogP contribution in [0.1, 0.15) is 50.2 Å². The van der Waals surface area contributed by atoms with Crippen molar-refractivity contribution < 1.29 is 9.90 Å². The molecule has 2 aliphatic rings. The Morgan fingerprint density at radius 2 is 1.96 bits per heavy atom. The second-order valence-corrected chi connectivity index (χ2v) is 7.57. The van der Waals surface area contributed by atoms with Crippen LogP contribution < -0.4 is 5.32 Å². The summed E-state index contributed by atoms with van der Waals surface area (Å²) in [5, 5.41) is 21.4. The van der Waals surface area contributed by atoms with Crippen molar-refractivity contribution >= 4 is 5.91 Å². The van der Waals surface area contributed by atoms with E-state index in [0.29, 0.717) is 19.0 Å². The molecule has 2 N–H and O–H groups in total. The van der Waals surface area contributed by atoms with E-state index in [9.17, 15) is 9.90 Å². The number of piperidine rings is 2. The lowest BCUT2D eigenvalue weighted by atomic mass is 9.97. The van der Waals surface area contributed by atoms with Gasteiger partial charge in [0.25, 0.3) is 0 Å². The molecule has 26 heavy (non-hydrogen) atoms. The molecule has 8 heteroatoms. The van der Waals surface area contributed by atoms with Crippen LogP contribution in [0.2, 0.25) is 0 Å². The van der Waals surface area contributed by atoms with Crippen molar-refractivity contribution in [2.24, 2.45) is 7.05 Å². The van der Waals surface area contributed by atoms with Crippen molar-refractivity contribution in [3.8, 4) is 0 Å². The Labute approximate surface area is 155 Å². The highest BCUT2D eigenvalue weighted by molar-refractivity contribution is 5.77. The van der Waals surface area contributed by atoms with Crippen LogP contribution in [0.5, 0.6) is 0 Å². The fraction of sp³-hybridized carbons (Fsp3) is 0.833. The summed E-state index contributed by atoms with van der Waals surface area (Å²) in [6.07, 6.45) is 3.69. The summed E-state index contributed by atoms with van der Waals surface area (Å²) in [4.78, 5) is 16.4. The van der Waals surface area contributed by atoms with Crippen LogP contribution in [0.25, 0.3) is 0 Å². The van der Waals surface area contributed by atoms with E-state index < -0.39 is 0 Å². The van der Waals surface area contributed by atoms with Gasteiger partial charge in [0, 0.05) is 39.1 Å². The SMILES string of the molecule is CCNC(=O)CN1CCC[C@H](c2nnc(CN3CCC(O)CC3)n2C)C1. The quantitative estimate of drug-likeness (QED) is 0.744. The number of carbonyl (C=O) groups is 1. The van der Waals surface area contributed by atoms with Gasteiger partial charge in [-0.1, -0.05) is 0 Å². The van der Waals surface area contributed by atoms with Gasteiger partial charge in [-0.25, -0.2) is 0 Å². The maximum absolute atomic E-state index is 11.9. The van der Waals surface area contributed by atoms with E-state index in [1.54, 1.807) is 0 Å². The topological polar surface area (TPSA) is 86.5 Å². The van der Waals surface area contributed by atoms with Gasteiger partial charge in [-0.3, -0.25) is 14.6 Å². The lowest BCUT2D eigenvalue weighted by Gasteiger charge is -2.32. The molecule has 146 valence electrons. The fourth-order valence-electron chi connectivity index (χ4n) is 4.01. The van der Waals surface area contributed by atoms with Crippen LogP contribution in [0.3, 0.4) is 0 Å². The molecule has 2 saturated heterocycles. The van der Waals surface area contributed by atoms with E-state index in [2.05, 4.69) is 29.9 Å². The number of amides is 1. The summed E-state index contributed by atoms with van der Waals surface area (Å²) in [6.45, 7) is 7.52. The standard InChI is InChI=1S/C18H32N6O2/c1-3-19-17(26)13-24-8-4-5-14(11-24)18-21-20-16(22(18)2)12-23-9-6-15(25)7-10-23/h14-15,25H,3-13H2,1-2H3,(H,19,26)/t14-/m0/s1. The van der Waals surface area contributed by atoms with Gasteiger partial charge in [-0.2, -0.15) is 0 Å². The minimum atomic E-state index is -0.153. The molecule has 0 bridgehead atoms. The van der Waals surface area contributed by atoms with Gasteiger partial charge in [0.05, 0.1) is 19.2 Å². The van der Waals surface area contributed by atoms with E-state index in [1.165, 1.54) is 0 Å². The molecule has 2 fully saturated rings. The minimum absolute atomic E-state index is 0.0964. The normalized spacial score (nSPS) is 23.3. The van der Waals surface area contributed by atoms with Gasteiger partial charge in [0.15, 0.2) is 0 Å². The molecule has 0 radical (unpaired) electrons. The van der Waals surface area contributed by atoms with Gasteiger partial charge >= 0.3 is 0 Å². The highest BCUT2D eigenvalue weighted by Crippen LogP contribution is 2.26. The smallest absolute Gasteiger partial charge is 0.234 e. The highest BCUT2D eigenvalue weighted by atomic mass is 16.3. The number of hydrogen-bond donors (Lipinski definition) is 2. The minimum Gasteiger partial charge on any atom is -0.393 e. The van der Waals surface area contributed by atoms with E-state index in [0.717, 1.165) is 70.1 Å². The molecule has 0 unspecified atom stereocenters. The lowest BCUT2D eigenvalue weighted by molar-refractivity contribution is -0.122. The number of nitrogens with zero attached hydrogens (tertiary/aromatic N) is 5. The van der Waals surface area contributed by atoms with Crippen LogP contribution in [-0.4, -0.2) is 81.0 Å². The maximum atomic E-state index is 11.9. The molecule has 3 rings (SSSR count). The molecule has 8 nitrogen and oxygen atoms in total. The number of likely N-dealkylation sites (tertiary alicyclic amines) is 2. The first-order valence-electron chi connectivity index (χ1n) is 9.84. The van der Waals surface area contributed by atoms with Crippen molar-refractivity contribution in [3.63, 3.8) is 0 Å². The van der Waals surface area contributed by atoms with Crippen molar-refractivity contribution in [1.82, 2.24) is 29.9 Å². The Morgan fingerprint density at radius 3 is 2.69 bits per heavy atom. The van der Waals surface area contributed by atoms with Gasteiger partial charge in [-0.15, -0.1) is 10.2 Å². The third kappa shape index (κ3) is 4.81. The van der Waals surface area contributed by atoms with Crippen LogP contribution in [-0.2, 0) is 18.4 Å². The second kappa shape index (κ2) is 8.92. The van der Waals surface area contributed by atoms with Gasteiger partial charge < -0.3 is 15.0 Å². The lowest BCUT2D eigenvalue weighted by Crippen LogP contribution is -2.42. The van der Waals surface area contributed by atoms with Crippen molar-refractivity contribution in [2.45, 2.75) is 51.2 Å². The summed E-state index contributed by atoms with van der Waals surface area (Å²) in [5.74, 6) is 2.43. The van der Waals surface area contributed by atoms with Gasteiger partial charge in [0.1, 0.15) is 11.6 Å². The largest absolute Gasteiger partial charge is 0.393 e. The molecule has 1 aromatic rings. The summed E-state index contributed by atoms with van der Waals surface area (Å²) >= 11 is 0. The Kier molecular flexibility index (Phi) is 6.61. The number of rotatable bonds is 6. The molecule has 2 aliphatic heterocycles. The summed E-state index contributed by atoms with van der Waals surface area (Å²) < 4.78 is 2.13. The third-order valence-electron chi connectivity index (χ3n) is 5.53. The summed E-state index contributed by atoms with van der Waals surface area (Å²) in [5.41, 5.74) is 0. The number of carbonyl (C=O) groups excluding carboxylic acids is 1. The van der Waals surface area contributed by atoms with Gasteiger partial charge in [0.2, 0.25) is 5.91 Å². The first-order valence-corrected chi connectivity index (χ1v) is 9.84. The molecule has 1 atom stereocenters. The van der Waals surface area contributed by atoms with Crippen molar-refractivity contribution in [2.75, 3.05) is 39.3 Å². The molecule has 0 aromatic carbocycles. The Balaban J connectivity index is 1.58. The Hall–Kier alpha value is -1.51. The number of aliphatic hydroxyl groups is 1. The van der Waals surface area contributed by atoms with E-state index >= 15 is 0 Å². The van der Waals surface area contributed by atoms with E-state index in [4.69, 9.17) is 0 Å². The number of hydrogen-bond acceptors (Lipinski definition) is 6. The summed E-state index contributed by atoms with van der Waals surface area (Å²) in [6, 6.07) is 0. The zero-order valence-corrected chi connectivity index (χ0v) is 16.0. The molecule has 1 aromatic heterocycles. The zero-order valence-electron chi connectivity index (χ0n) is 16.0. The Morgan fingerprint density at radius 1 is 1.19 bits per heavy atom. The molecular weight excluding hydrogens is 332 g/mol. The summed E-state index contributed by atoms with van der Waals surface area (Å²) in [7, 11) is 2.05. The van der Waals surface area contributed by atoms with Gasteiger partial charge in [-0.05, 0) is 39.2 Å². The second-order valence-electron chi connectivity index (χ2n) is 7.57. The van der Waals surface area contributed by atoms with Crippen LogP contribution >= 0.6 is 0 Å². The number of aromatic nitrogens is 3. The van der Waals surface area contributed by atoms with Crippen LogP contribution in [0, 0.1) is 0 Å². The molecule has 0 saturated carbocycles. The first-order chi connectivity index (χ1) is 12.6. The molecule has 1 amide bonds. The molecule has 0 aliphatic carbocycles. The monoisotopic (exact) mass is 364 g/mol. The molecule has 0 spiro atoms. The Bertz CT molecular complexity index is 597. The number of aliphatic hydroxyl groups excluding tert-OH is 1. The predicted octanol–water partition coefficient (Wildman–Crippen LogP) is 0.0873. The van der Waals surface area contributed by atoms with Crippen LogP contribution in [0.4, 0.5) is 0 Å². The molecular formula is C18H32N6O2. The zero-order chi connectivity index (χ0) is 18.5. The maximum Gasteiger partial charge on any atom is 0.234 e. The average Bonchev–Trinajstić information content (AvgIpc) is 2.98. The highest BCUT2D eigenvalue weighted by Gasteiger charge is 2.27. The fourth-order valence-corrected chi connectivity index (χ4v) is 4.01. The average molecular weight is 364 g/mol. The molecule has 3 heterocycles. The first kappa shape index (κ1) is 19.3. The number of nitrogens with one attached hydrogen (secondary N) is 1. The third-order valence-corrected chi connectivity index (χ3v) is 5.53. The number of likely N-dealkylation sites (N-methyl/N-ethyl adjacent to an activating group) is 1. The van der Waals surface area contributed by atoms with E-state index in [1.807, 2.05) is 14.0 Å².